The minimum atomic E-state index is -1.04. The summed E-state index contributed by atoms with van der Waals surface area (Å²) in [6.07, 6.45) is 7.01. The molecule has 182 valence electrons. The average molecular weight is 467 g/mol. The first-order valence-electron chi connectivity index (χ1n) is 11.8. The van der Waals surface area contributed by atoms with Crippen LogP contribution in [0.4, 0.5) is 0 Å². The zero-order valence-corrected chi connectivity index (χ0v) is 20.5. The van der Waals surface area contributed by atoms with Crippen LogP contribution in [0.2, 0.25) is 0 Å². The van der Waals surface area contributed by atoms with Gasteiger partial charge in [-0.25, -0.2) is 19.4 Å². The molecule has 8 nitrogen and oxygen atoms in total. The number of benzene rings is 1. The zero-order valence-electron chi connectivity index (χ0n) is 20.5. The van der Waals surface area contributed by atoms with E-state index in [1.165, 1.54) is 6.20 Å². The first-order valence-corrected chi connectivity index (χ1v) is 11.8. The van der Waals surface area contributed by atoms with Crippen LogP contribution in [0.15, 0.2) is 42.6 Å². The summed E-state index contributed by atoms with van der Waals surface area (Å²) < 4.78 is 13.5. The van der Waals surface area contributed by atoms with Crippen LogP contribution in [0.25, 0.3) is 11.1 Å². The van der Waals surface area contributed by atoms with E-state index >= 15 is 0 Å². The van der Waals surface area contributed by atoms with Crippen molar-refractivity contribution in [1.29, 1.82) is 0 Å². The van der Waals surface area contributed by atoms with Crippen LogP contribution < -0.4 is 0 Å². The first kappa shape index (κ1) is 25.5. The quantitative estimate of drug-likeness (QED) is 0.351. The molecule has 0 radical (unpaired) electrons. The third-order valence-corrected chi connectivity index (χ3v) is 5.97. The monoisotopic (exact) mass is 466 g/mol. The Morgan fingerprint density at radius 3 is 2.38 bits per heavy atom. The van der Waals surface area contributed by atoms with E-state index in [1.54, 1.807) is 26.4 Å². The molecule has 1 N–H and O–H groups in total. The summed E-state index contributed by atoms with van der Waals surface area (Å²) in [6, 6.07) is 11.3. The highest BCUT2D eigenvalue weighted by Gasteiger charge is 2.37. The van der Waals surface area contributed by atoms with Crippen molar-refractivity contribution in [2.24, 2.45) is 0 Å². The molecule has 0 bridgehead atoms. The van der Waals surface area contributed by atoms with Crippen molar-refractivity contribution in [3.05, 3.63) is 65.5 Å². The smallest absolute Gasteiger partial charge is 0.355 e. The van der Waals surface area contributed by atoms with E-state index in [1.807, 2.05) is 28.9 Å². The van der Waals surface area contributed by atoms with Gasteiger partial charge in [-0.15, -0.1) is 5.10 Å². The summed E-state index contributed by atoms with van der Waals surface area (Å²) in [5.74, 6) is -0.552. The standard InChI is InChI=1S/C26H34N4O4/c1-5-7-11-22-28-25(26(33-3,34-4)16-8-6-2)29-30(22)18-19-12-14-20(15-13-19)21-10-9-17-27-23(21)24(31)32/h9-10,12-15,17H,5-8,11,16,18H2,1-4H3,(H,31,32). The third kappa shape index (κ3) is 5.69. The number of aromatic nitrogens is 4. The van der Waals surface area contributed by atoms with Gasteiger partial charge in [-0.05, 0) is 30.0 Å². The number of carboxylic acid groups (broad SMARTS) is 1. The normalized spacial score (nSPS) is 11.6. The molecule has 0 aliphatic carbocycles. The van der Waals surface area contributed by atoms with Crippen LogP contribution in [0.1, 0.15) is 73.7 Å². The number of nitrogens with zero attached hydrogens (tertiary/aromatic N) is 4. The Morgan fingerprint density at radius 1 is 1.06 bits per heavy atom. The molecule has 3 rings (SSSR count). The number of hydrogen-bond acceptors (Lipinski definition) is 6. The van der Waals surface area contributed by atoms with Crippen LogP contribution in [0.5, 0.6) is 0 Å². The molecular weight excluding hydrogens is 432 g/mol. The van der Waals surface area contributed by atoms with Crippen molar-refractivity contribution < 1.29 is 19.4 Å². The van der Waals surface area contributed by atoms with Crippen LogP contribution in [0, 0.1) is 0 Å². The number of aromatic carboxylic acids is 1. The fourth-order valence-electron chi connectivity index (χ4n) is 3.94. The lowest BCUT2D eigenvalue weighted by Gasteiger charge is -2.27. The van der Waals surface area contributed by atoms with Crippen molar-refractivity contribution >= 4 is 5.97 Å². The molecule has 0 spiro atoms. The van der Waals surface area contributed by atoms with Gasteiger partial charge in [0.1, 0.15) is 5.82 Å². The van der Waals surface area contributed by atoms with Gasteiger partial charge in [0, 0.05) is 38.8 Å². The summed E-state index contributed by atoms with van der Waals surface area (Å²) >= 11 is 0. The lowest BCUT2D eigenvalue weighted by atomic mass is 10.0. The van der Waals surface area contributed by atoms with Gasteiger partial charge in [0.05, 0.1) is 6.54 Å². The Hall–Kier alpha value is -3.10. The average Bonchev–Trinajstić information content (AvgIpc) is 3.27. The second-order valence-corrected chi connectivity index (χ2v) is 8.28. The number of rotatable bonds is 13. The zero-order chi connectivity index (χ0) is 24.6. The summed E-state index contributed by atoms with van der Waals surface area (Å²) in [5.41, 5.74) is 2.47. The first-order chi connectivity index (χ1) is 16.5. The number of aryl methyl sites for hydroxylation is 1. The van der Waals surface area contributed by atoms with Crippen LogP contribution >= 0.6 is 0 Å². The fourth-order valence-corrected chi connectivity index (χ4v) is 3.94. The summed E-state index contributed by atoms with van der Waals surface area (Å²) in [7, 11) is 3.27. The molecule has 0 amide bonds. The number of carbonyl (C=O) groups is 1. The van der Waals surface area contributed by atoms with Crippen LogP contribution in [-0.4, -0.2) is 45.0 Å². The predicted molar refractivity (Wildman–Crippen MR) is 130 cm³/mol. The van der Waals surface area contributed by atoms with Crippen molar-refractivity contribution in [3.8, 4) is 11.1 Å². The number of methoxy groups -OCH3 is 2. The van der Waals surface area contributed by atoms with E-state index in [-0.39, 0.29) is 5.69 Å². The number of unbranched alkanes of at least 4 members (excludes halogenated alkanes) is 2. The fraction of sp³-hybridized carbons (Fsp3) is 0.462. The highest BCUT2D eigenvalue weighted by molar-refractivity contribution is 5.93. The molecular formula is C26H34N4O4. The molecule has 0 fully saturated rings. The highest BCUT2D eigenvalue weighted by Crippen LogP contribution is 2.30. The van der Waals surface area contributed by atoms with Crippen LogP contribution in [-0.2, 0) is 28.2 Å². The molecule has 0 saturated heterocycles. The number of carboxylic acids is 1. The van der Waals surface area contributed by atoms with Crippen molar-refractivity contribution in [3.63, 3.8) is 0 Å². The maximum absolute atomic E-state index is 11.5. The van der Waals surface area contributed by atoms with Gasteiger partial charge in [-0.1, -0.05) is 57.0 Å². The van der Waals surface area contributed by atoms with E-state index < -0.39 is 11.8 Å². The van der Waals surface area contributed by atoms with E-state index in [2.05, 4.69) is 18.8 Å². The number of hydrogen-bond donors (Lipinski definition) is 1. The predicted octanol–water partition coefficient (Wildman–Crippen LogP) is 5.07. The van der Waals surface area contributed by atoms with E-state index in [0.717, 1.165) is 49.1 Å². The lowest BCUT2D eigenvalue weighted by molar-refractivity contribution is -0.226. The van der Waals surface area contributed by atoms with Gasteiger partial charge >= 0.3 is 5.97 Å². The Kier molecular flexibility index (Phi) is 8.90. The molecule has 0 aliphatic heterocycles. The Bertz CT molecular complexity index is 1070. The summed E-state index contributed by atoms with van der Waals surface area (Å²) in [4.78, 5) is 20.4. The topological polar surface area (TPSA) is 99.4 Å². The van der Waals surface area contributed by atoms with Gasteiger partial charge in [-0.2, -0.15) is 0 Å². The molecule has 0 saturated carbocycles. The largest absolute Gasteiger partial charge is 0.476 e. The SMILES string of the molecule is CCCCc1nc(C(CCCC)(OC)OC)nn1Cc1ccc(-c2cccnc2C(=O)O)cc1. The Labute approximate surface area is 201 Å². The van der Waals surface area contributed by atoms with Gasteiger partial charge in [0.2, 0.25) is 11.6 Å². The number of ether oxygens (including phenoxy) is 2. The second kappa shape index (κ2) is 11.9. The molecule has 2 heterocycles. The van der Waals surface area contributed by atoms with Gasteiger partial charge in [0.15, 0.2) is 5.69 Å². The van der Waals surface area contributed by atoms with Crippen LogP contribution in [0.3, 0.4) is 0 Å². The van der Waals surface area contributed by atoms with Crippen molar-refractivity contribution in [1.82, 2.24) is 19.7 Å². The lowest BCUT2D eigenvalue weighted by Crippen LogP contribution is -2.32. The van der Waals surface area contributed by atoms with Gasteiger partial charge in [0.25, 0.3) is 0 Å². The van der Waals surface area contributed by atoms with Crippen molar-refractivity contribution in [2.45, 2.75) is 64.7 Å². The molecule has 0 atom stereocenters. The van der Waals surface area contributed by atoms with Gasteiger partial charge < -0.3 is 14.6 Å². The highest BCUT2D eigenvalue weighted by atomic mass is 16.7. The van der Waals surface area contributed by atoms with E-state index in [4.69, 9.17) is 19.6 Å². The van der Waals surface area contributed by atoms with Crippen molar-refractivity contribution in [2.75, 3.05) is 14.2 Å². The summed E-state index contributed by atoms with van der Waals surface area (Å²) in [5, 5.41) is 14.3. The van der Waals surface area contributed by atoms with E-state index in [9.17, 15) is 9.90 Å². The molecule has 1 aromatic carbocycles. The maximum Gasteiger partial charge on any atom is 0.355 e. The maximum atomic E-state index is 11.5. The second-order valence-electron chi connectivity index (χ2n) is 8.28. The Balaban J connectivity index is 1.90. The summed E-state index contributed by atoms with van der Waals surface area (Å²) in [6.45, 7) is 4.83. The molecule has 2 aromatic heterocycles. The molecule has 0 aliphatic rings. The molecule has 34 heavy (non-hydrogen) atoms. The third-order valence-electron chi connectivity index (χ3n) is 5.97. The minimum Gasteiger partial charge on any atom is -0.476 e. The minimum absolute atomic E-state index is 0.0422. The molecule has 0 unspecified atom stereocenters. The van der Waals surface area contributed by atoms with E-state index in [0.29, 0.717) is 24.4 Å². The Morgan fingerprint density at radius 2 is 1.76 bits per heavy atom. The number of pyridine rings is 1. The van der Waals surface area contributed by atoms with Gasteiger partial charge in [-0.3, -0.25) is 0 Å². The molecule has 3 aromatic rings. The molecule has 8 heteroatoms.